The van der Waals surface area contributed by atoms with Crippen LogP contribution in [0.2, 0.25) is 0 Å². The highest BCUT2D eigenvalue weighted by molar-refractivity contribution is 5.08. The van der Waals surface area contributed by atoms with Crippen LogP contribution in [-0.2, 0) is 0 Å². The highest BCUT2D eigenvalue weighted by Gasteiger charge is 2.60. The van der Waals surface area contributed by atoms with Gasteiger partial charge in [0.15, 0.2) is 0 Å². The predicted molar refractivity (Wildman–Crippen MR) is 48.4 cm³/mol. The summed E-state index contributed by atoms with van der Waals surface area (Å²) in [6, 6.07) is 0. The Labute approximate surface area is 70.4 Å². The second kappa shape index (κ2) is 2.80. The van der Waals surface area contributed by atoms with Crippen LogP contribution >= 0.6 is 0 Å². The highest BCUT2D eigenvalue weighted by atomic mass is 14.6. The highest BCUT2D eigenvalue weighted by Crippen LogP contribution is 2.67. The van der Waals surface area contributed by atoms with Crippen molar-refractivity contribution in [2.45, 2.75) is 46.0 Å². The third kappa shape index (κ3) is 1.11. The molecular formula is C11H20. The minimum atomic E-state index is 1.16. The fraction of sp³-hybridized carbons (Fsp3) is 1.00. The third-order valence-electron chi connectivity index (χ3n) is 3.92. The van der Waals surface area contributed by atoms with E-state index in [1.807, 2.05) is 0 Å². The maximum absolute atomic E-state index is 2.36. The first-order chi connectivity index (χ1) is 5.38. The molecule has 0 spiro atoms. The molecule has 2 aliphatic carbocycles. The van der Waals surface area contributed by atoms with Crippen molar-refractivity contribution in [1.82, 2.24) is 0 Å². The summed E-state index contributed by atoms with van der Waals surface area (Å²) in [4.78, 5) is 0. The van der Waals surface area contributed by atoms with E-state index in [2.05, 4.69) is 13.8 Å². The molecule has 0 amide bonds. The third-order valence-corrected chi connectivity index (χ3v) is 3.92. The lowest BCUT2D eigenvalue weighted by molar-refractivity contribution is 0.263. The SMILES string of the molecule is CCCCC1CC2C(CC)C12. The molecule has 0 heterocycles. The molecule has 4 unspecified atom stereocenters. The molecule has 0 aromatic heterocycles. The summed E-state index contributed by atoms with van der Waals surface area (Å²) in [7, 11) is 0. The Balaban J connectivity index is 1.69. The number of hydrogen-bond acceptors (Lipinski definition) is 0. The van der Waals surface area contributed by atoms with Crippen LogP contribution in [0.5, 0.6) is 0 Å². The fourth-order valence-electron chi connectivity index (χ4n) is 3.17. The van der Waals surface area contributed by atoms with Gasteiger partial charge in [-0.25, -0.2) is 0 Å². The molecule has 2 aliphatic rings. The van der Waals surface area contributed by atoms with Crippen molar-refractivity contribution in [2.75, 3.05) is 0 Å². The first-order valence-electron chi connectivity index (χ1n) is 5.38. The van der Waals surface area contributed by atoms with E-state index in [9.17, 15) is 0 Å². The van der Waals surface area contributed by atoms with Crippen LogP contribution in [0.3, 0.4) is 0 Å². The summed E-state index contributed by atoms with van der Waals surface area (Å²) in [5.41, 5.74) is 0. The normalized spacial score (nSPS) is 46.4. The maximum atomic E-state index is 2.36. The lowest BCUT2D eigenvalue weighted by Crippen LogP contribution is -2.14. The molecule has 4 atom stereocenters. The van der Waals surface area contributed by atoms with E-state index in [0.29, 0.717) is 0 Å². The smallest absolute Gasteiger partial charge is 0.0323 e. The molecule has 11 heavy (non-hydrogen) atoms. The molecule has 0 nitrogen and oxygen atoms in total. The molecule has 0 saturated heterocycles. The van der Waals surface area contributed by atoms with E-state index < -0.39 is 0 Å². The molecule has 0 aliphatic heterocycles. The average molecular weight is 152 g/mol. The Hall–Kier alpha value is 0. The zero-order chi connectivity index (χ0) is 7.84. The van der Waals surface area contributed by atoms with Crippen LogP contribution in [0.1, 0.15) is 46.0 Å². The standard InChI is InChI=1S/C11H20/c1-3-5-6-8-7-10-9(4-2)11(8)10/h8-11H,3-7H2,1-2H3. The molecule has 2 rings (SSSR count). The van der Waals surface area contributed by atoms with Gasteiger partial charge in [-0.15, -0.1) is 0 Å². The molecule has 0 aromatic rings. The number of fused-ring (bicyclic) bond motifs is 1. The van der Waals surface area contributed by atoms with Crippen LogP contribution in [0, 0.1) is 23.7 Å². The zero-order valence-corrected chi connectivity index (χ0v) is 7.84. The number of rotatable bonds is 4. The molecular weight excluding hydrogens is 132 g/mol. The van der Waals surface area contributed by atoms with Gasteiger partial charge in [0, 0.05) is 0 Å². The summed E-state index contributed by atoms with van der Waals surface area (Å²) in [6.45, 7) is 4.67. The Morgan fingerprint density at radius 3 is 2.64 bits per heavy atom. The molecule has 64 valence electrons. The van der Waals surface area contributed by atoms with Gasteiger partial charge in [-0.05, 0) is 30.1 Å². The monoisotopic (exact) mass is 152 g/mol. The van der Waals surface area contributed by atoms with E-state index in [1.165, 1.54) is 37.5 Å². The van der Waals surface area contributed by atoms with Crippen molar-refractivity contribution < 1.29 is 0 Å². The Morgan fingerprint density at radius 2 is 2.09 bits per heavy atom. The Morgan fingerprint density at radius 1 is 1.27 bits per heavy atom. The van der Waals surface area contributed by atoms with Gasteiger partial charge in [-0.2, -0.15) is 0 Å². The quantitative estimate of drug-likeness (QED) is 0.578. The average Bonchev–Trinajstić information content (AvgIpc) is 2.56. The summed E-state index contributed by atoms with van der Waals surface area (Å²) in [6.07, 6.45) is 7.45. The lowest BCUT2D eigenvalue weighted by atomic mass is 9.82. The van der Waals surface area contributed by atoms with Crippen LogP contribution in [0.15, 0.2) is 0 Å². The van der Waals surface area contributed by atoms with E-state index >= 15 is 0 Å². The van der Waals surface area contributed by atoms with Gasteiger partial charge in [0.05, 0.1) is 0 Å². The van der Waals surface area contributed by atoms with E-state index in [-0.39, 0.29) is 0 Å². The first kappa shape index (κ1) is 7.64. The van der Waals surface area contributed by atoms with Crippen LogP contribution < -0.4 is 0 Å². The van der Waals surface area contributed by atoms with Gasteiger partial charge >= 0.3 is 0 Å². The van der Waals surface area contributed by atoms with Crippen molar-refractivity contribution in [3.8, 4) is 0 Å². The van der Waals surface area contributed by atoms with Gasteiger partial charge in [-0.1, -0.05) is 39.5 Å². The molecule has 0 heteroatoms. The summed E-state index contributed by atoms with van der Waals surface area (Å²) in [5.74, 6) is 4.72. The second-order valence-electron chi connectivity index (χ2n) is 4.45. The van der Waals surface area contributed by atoms with Gasteiger partial charge in [0.2, 0.25) is 0 Å². The van der Waals surface area contributed by atoms with Gasteiger partial charge in [0.25, 0.3) is 0 Å². The largest absolute Gasteiger partial charge is 0.0654 e. The van der Waals surface area contributed by atoms with Crippen molar-refractivity contribution >= 4 is 0 Å². The minimum absolute atomic E-state index is 1.16. The van der Waals surface area contributed by atoms with Gasteiger partial charge in [-0.3, -0.25) is 0 Å². The molecule has 2 saturated carbocycles. The van der Waals surface area contributed by atoms with Crippen molar-refractivity contribution in [3.63, 3.8) is 0 Å². The first-order valence-corrected chi connectivity index (χ1v) is 5.38. The molecule has 2 fully saturated rings. The van der Waals surface area contributed by atoms with Crippen LogP contribution in [0.25, 0.3) is 0 Å². The van der Waals surface area contributed by atoms with Crippen molar-refractivity contribution in [2.24, 2.45) is 23.7 Å². The maximum Gasteiger partial charge on any atom is -0.0323 e. The lowest BCUT2D eigenvalue weighted by Gasteiger charge is -2.23. The fourth-order valence-corrected chi connectivity index (χ4v) is 3.17. The Kier molecular flexibility index (Phi) is 1.95. The van der Waals surface area contributed by atoms with E-state index in [1.54, 1.807) is 6.42 Å². The van der Waals surface area contributed by atoms with Gasteiger partial charge < -0.3 is 0 Å². The topological polar surface area (TPSA) is 0 Å². The molecule has 0 radical (unpaired) electrons. The predicted octanol–water partition coefficient (Wildman–Crippen LogP) is 3.47. The van der Waals surface area contributed by atoms with Crippen molar-refractivity contribution in [1.29, 1.82) is 0 Å². The Bertz CT molecular complexity index is 139. The molecule has 0 N–H and O–H groups in total. The molecule has 0 aromatic carbocycles. The zero-order valence-electron chi connectivity index (χ0n) is 7.84. The van der Waals surface area contributed by atoms with Crippen LogP contribution in [-0.4, -0.2) is 0 Å². The van der Waals surface area contributed by atoms with Crippen molar-refractivity contribution in [3.05, 3.63) is 0 Å². The molecule has 0 bridgehead atoms. The number of hydrogen-bond donors (Lipinski definition) is 0. The van der Waals surface area contributed by atoms with E-state index in [0.717, 1.165) is 11.8 Å². The van der Waals surface area contributed by atoms with Crippen LogP contribution in [0.4, 0.5) is 0 Å². The van der Waals surface area contributed by atoms with E-state index in [4.69, 9.17) is 0 Å². The minimum Gasteiger partial charge on any atom is -0.0654 e. The summed E-state index contributed by atoms with van der Waals surface area (Å²) >= 11 is 0. The summed E-state index contributed by atoms with van der Waals surface area (Å²) in [5, 5.41) is 0. The number of unbranched alkanes of at least 4 members (excludes halogenated alkanes) is 1. The summed E-state index contributed by atoms with van der Waals surface area (Å²) < 4.78 is 0. The second-order valence-corrected chi connectivity index (χ2v) is 4.45. The van der Waals surface area contributed by atoms with Gasteiger partial charge in [0.1, 0.15) is 0 Å².